The highest BCUT2D eigenvalue weighted by Gasteiger charge is 2.34. The van der Waals surface area contributed by atoms with E-state index in [-0.39, 0.29) is 18.6 Å². The van der Waals surface area contributed by atoms with Gasteiger partial charge in [-0.2, -0.15) is 0 Å². The van der Waals surface area contributed by atoms with Gasteiger partial charge in [0.25, 0.3) is 0 Å². The van der Waals surface area contributed by atoms with Crippen molar-refractivity contribution < 1.29 is 19.4 Å². The van der Waals surface area contributed by atoms with Crippen molar-refractivity contribution in [2.75, 3.05) is 26.2 Å². The zero-order valence-corrected chi connectivity index (χ0v) is 11.5. The molecule has 0 aromatic rings. The number of carboxylic acid groups (broad SMARTS) is 1. The minimum absolute atomic E-state index is 0.0476. The first-order valence-corrected chi connectivity index (χ1v) is 6.89. The first-order valence-electron chi connectivity index (χ1n) is 6.89. The largest absolute Gasteiger partial charge is 0.479 e. The fourth-order valence-electron chi connectivity index (χ4n) is 2.71. The van der Waals surface area contributed by atoms with Gasteiger partial charge in [-0.25, -0.2) is 9.59 Å². The fourth-order valence-corrected chi connectivity index (χ4v) is 2.71. The van der Waals surface area contributed by atoms with E-state index in [9.17, 15) is 9.59 Å². The summed E-state index contributed by atoms with van der Waals surface area (Å²) in [7, 11) is 0. The molecule has 6 heteroatoms. The number of hydrogen-bond donors (Lipinski definition) is 1. The molecule has 0 radical (unpaired) electrons. The molecule has 2 fully saturated rings. The summed E-state index contributed by atoms with van der Waals surface area (Å²) in [6.07, 6.45) is 1.26. The smallest absolute Gasteiger partial charge is 0.334 e. The van der Waals surface area contributed by atoms with Crippen molar-refractivity contribution in [1.82, 2.24) is 9.80 Å². The summed E-state index contributed by atoms with van der Waals surface area (Å²) < 4.78 is 5.14. The van der Waals surface area contributed by atoms with E-state index in [2.05, 4.69) is 13.8 Å². The Labute approximate surface area is 113 Å². The SMILES string of the molecule is CC1CCC(C)N(C(=O)N2CCOC(C(=O)O)C2)C1. The molecule has 0 spiro atoms. The van der Waals surface area contributed by atoms with Crippen molar-refractivity contribution in [3.8, 4) is 0 Å². The highest BCUT2D eigenvalue weighted by atomic mass is 16.5. The number of carbonyl (C=O) groups is 2. The van der Waals surface area contributed by atoms with E-state index in [0.29, 0.717) is 19.1 Å². The van der Waals surface area contributed by atoms with Crippen LogP contribution in [0, 0.1) is 5.92 Å². The second-order valence-corrected chi connectivity index (χ2v) is 5.61. The van der Waals surface area contributed by atoms with Gasteiger partial charge in [0.1, 0.15) is 0 Å². The molecule has 108 valence electrons. The first kappa shape index (κ1) is 14.1. The van der Waals surface area contributed by atoms with Crippen molar-refractivity contribution >= 4 is 12.0 Å². The van der Waals surface area contributed by atoms with E-state index < -0.39 is 12.1 Å². The van der Waals surface area contributed by atoms with E-state index in [1.54, 1.807) is 4.90 Å². The van der Waals surface area contributed by atoms with E-state index in [1.807, 2.05) is 4.90 Å². The Kier molecular flexibility index (Phi) is 4.29. The number of carboxylic acids is 1. The highest BCUT2D eigenvalue weighted by Crippen LogP contribution is 2.23. The molecular formula is C13H22N2O4. The van der Waals surface area contributed by atoms with Crippen LogP contribution < -0.4 is 0 Å². The van der Waals surface area contributed by atoms with Gasteiger partial charge in [-0.15, -0.1) is 0 Å². The Hall–Kier alpha value is -1.30. The van der Waals surface area contributed by atoms with Crippen molar-refractivity contribution in [2.24, 2.45) is 5.92 Å². The number of morpholine rings is 1. The lowest BCUT2D eigenvalue weighted by Gasteiger charge is -2.41. The van der Waals surface area contributed by atoms with Crippen LogP contribution in [0.25, 0.3) is 0 Å². The average Bonchev–Trinajstić information content (AvgIpc) is 2.41. The van der Waals surface area contributed by atoms with Crippen LogP contribution in [-0.2, 0) is 9.53 Å². The minimum Gasteiger partial charge on any atom is -0.479 e. The molecule has 6 nitrogen and oxygen atoms in total. The molecule has 19 heavy (non-hydrogen) atoms. The molecule has 0 aromatic carbocycles. The summed E-state index contributed by atoms with van der Waals surface area (Å²) in [4.78, 5) is 26.9. The predicted octanol–water partition coefficient (Wildman–Crippen LogP) is 1.01. The zero-order valence-electron chi connectivity index (χ0n) is 11.5. The zero-order chi connectivity index (χ0) is 14.0. The summed E-state index contributed by atoms with van der Waals surface area (Å²) in [6.45, 7) is 5.87. The van der Waals surface area contributed by atoms with Crippen molar-refractivity contribution in [3.05, 3.63) is 0 Å². The van der Waals surface area contributed by atoms with Crippen LogP contribution in [0.5, 0.6) is 0 Å². The maximum atomic E-state index is 12.5. The predicted molar refractivity (Wildman–Crippen MR) is 68.9 cm³/mol. The maximum absolute atomic E-state index is 12.5. The van der Waals surface area contributed by atoms with Crippen LogP contribution in [0.1, 0.15) is 26.7 Å². The fraction of sp³-hybridized carbons (Fsp3) is 0.846. The lowest BCUT2D eigenvalue weighted by Crippen LogP contribution is -2.56. The molecule has 2 aliphatic rings. The Bertz CT molecular complexity index is 361. The lowest BCUT2D eigenvalue weighted by molar-refractivity contribution is -0.154. The summed E-state index contributed by atoms with van der Waals surface area (Å²) >= 11 is 0. The molecule has 2 saturated heterocycles. The summed E-state index contributed by atoms with van der Waals surface area (Å²) in [6, 6.07) is 0.184. The van der Waals surface area contributed by atoms with E-state index in [4.69, 9.17) is 9.84 Å². The Balaban J connectivity index is 2.00. The second kappa shape index (κ2) is 5.77. The third-order valence-electron chi connectivity index (χ3n) is 3.98. The minimum atomic E-state index is -1.00. The topological polar surface area (TPSA) is 70.1 Å². The van der Waals surface area contributed by atoms with Crippen LogP contribution in [0.3, 0.4) is 0 Å². The van der Waals surface area contributed by atoms with Crippen LogP contribution in [0.15, 0.2) is 0 Å². The number of rotatable bonds is 1. The van der Waals surface area contributed by atoms with Crippen LogP contribution >= 0.6 is 0 Å². The number of ether oxygens (including phenoxy) is 1. The van der Waals surface area contributed by atoms with Gasteiger partial charge in [0.2, 0.25) is 0 Å². The molecule has 0 aliphatic carbocycles. The van der Waals surface area contributed by atoms with Gasteiger partial charge in [-0.3, -0.25) is 0 Å². The van der Waals surface area contributed by atoms with Gasteiger partial charge in [0, 0.05) is 19.1 Å². The third-order valence-corrected chi connectivity index (χ3v) is 3.98. The quantitative estimate of drug-likeness (QED) is 0.772. The van der Waals surface area contributed by atoms with E-state index in [1.165, 1.54) is 0 Å². The average molecular weight is 270 g/mol. The molecule has 2 rings (SSSR count). The van der Waals surface area contributed by atoms with Crippen LogP contribution in [0.2, 0.25) is 0 Å². The first-order chi connectivity index (χ1) is 8.99. The molecule has 0 bridgehead atoms. The number of urea groups is 1. The Morgan fingerprint density at radius 3 is 2.63 bits per heavy atom. The van der Waals surface area contributed by atoms with Gasteiger partial charge in [-0.1, -0.05) is 6.92 Å². The molecule has 2 heterocycles. The molecular weight excluding hydrogens is 248 g/mol. The summed E-state index contributed by atoms with van der Waals surface area (Å²) in [5.74, 6) is -0.492. The van der Waals surface area contributed by atoms with Gasteiger partial charge < -0.3 is 19.6 Å². The van der Waals surface area contributed by atoms with E-state index >= 15 is 0 Å². The van der Waals surface area contributed by atoms with E-state index in [0.717, 1.165) is 19.4 Å². The van der Waals surface area contributed by atoms with Gasteiger partial charge in [-0.05, 0) is 25.7 Å². The van der Waals surface area contributed by atoms with Crippen LogP contribution in [-0.4, -0.2) is 65.3 Å². The van der Waals surface area contributed by atoms with Gasteiger partial charge in [0.15, 0.2) is 6.10 Å². The van der Waals surface area contributed by atoms with Gasteiger partial charge in [0.05, 0.1) is 13.2 Å². The third kappa shape index (κ3) is 3.18. The number of carbonyl (C=O) groups excluding carboxylic acids is 1. The molecule has 0 saturated carbocycles. The Morgan fingerprint density at radius 1 is 1.21 bits per heavy atom. The molecule has 2 aliphatic heterocycles. The highest BCUT2D eigenvalue weighted by molar-refractivity contribution is 5.78. The molecule has 0 aromatic heterocycles. The molecule has 1 N–H and O–H groups in total. The number of likely N-dealkylation sites (tertiary alicyclic amines) is 1. The Morgan fingerprint density at radius 2 is 1.95 bits per heavy atom. The number of piperidine rings is 1. The normalized spacial score (nSPS) is 32.2. The lowest BCUT2D eigenvalue weighted by atomic mass is 9.95. The molecule has 3 unspecified atom stereocenters. The maximum Gasteiger partial charge on any atom is 0.334 e. The number of nitrogens with zero attached hydrogens (tertiary/aromatic N) is 2. The van der Waals surface area contributed by atoms with Crippen molar-refractivity contribution in [2.45, 2.75) is 38.8 Å². The van der Waals surface area contributed by atoms with Crippen molar-refractivity contribution in [1.29, 1.82) is 0 Å². The summed E-state index contributed by atoms with van der Waals surface area (Å²) in [5.41, 5.74) is 0. The number of amides is 2. The monoisotopic (exact) mass is 270 g/mol. The number of aliphatic carboxylic acids is 1. The molecule has 2 amide bonds. The van der Waals surface area contributed by atoms with Crippen LogP contribution in [0.4, 0.5) is 4.79 Å². The molecule has 3 atom stereocenters. The van der Waals surface area contributed by atoms with Crippen molar-refractivity contribution in [3.63, 3.8) is 0 Å². The number of hydrogen-bond acceptors (Lipinski definition) is 3. The standard InChI is InChI=1S/C13H22N2O4/c1-9-3-4-10(2)15(7-9)13(18)14-5-6-19-11(8-14)12(16)17/h9-11H,3-8H2,1-2H3,(H,16,17). The summed E-state index contributed by atoms with van der Waals surface area (Å²) in [5, 5.41) is 8.97. The van der Waals surface area contributed by atoms with Gasteiger partial charge >= 0.3 is 12.0 Å². The second-order valence-electron chi connectivity index (χ2n) is 5.61.